The number of urea groups is 1. The van der Waals surface area contributed by atoms with Crippen molar-refractivity contribution in [2.45, 2.75) is 31.0 Å². The molecule has 3 saturated heterocycles. The number of amides is 3. The van der Waals surface area contributed by atoms with Gasteiger partial charge in [0, 0.05) is 18.5 Å². The zero-order valence-corrected chi connectivity index (χ0v) is 21.5. The molecule has 3 aliphatic rings. The Balaban J connectivity index is 1.15. The predicted molar refractivity (Wildman–Crippen MR) is 145 cm³/mol. The summed E-state index contributed by atoms with van der Waals surface area (Å²) in [5, 5.41) is 5.87. The molecule has 6 rings (SSSR count). The lowest BCUT2D eigenvalue weighted by molar-refractivity contribution is -0.120. The minimum absolute atomic E-state index is 0.0305. The van der Waals surface area contributed by atoms with Crippen LogP contribution in [0.5, 0.6) is 11.5 Å². The van der Waals surface area contributed by atoms with E-state index in [1.54, 1.807) is 19.1 Å². The molecule has 0 spiro atoms. The Morgan fingerprint density at radius 1 is 1.03 bits per heavy atom. The maximum atomic E-state index is 13.7. The van der Waals surface area contributed by atoms with Crippen molar-refractivity contribution >= 4 is 45.7 Å². The van der Waals surface area contributed by atoms with Crippen molar-refractivity contribution in [3.05, 3.63) is 66.2 Å². The molecule has 0 saturated carbocycles. The molecule has 0 aliphatic carbocycles. The van der Waals surface area contributed by atoms with Gasteiger partial charge < -0.3 is 24.6 Å². The Labute approximate surface area is 220 Å². The van der Waals surface area contributed by atoms with Crippen molar-refractivity contribution in [3.63, 3.8) is 0 Å². The number of thiocarbonyl (C=S) groups is 1. The third-order valence-corrected chi connectivity index (χ3v) is 8.05. The zero-order chi connectivity index (χ0) is 25.7. The number of fused-ring (bicyclic) bond motifs is 6. The molecule has 1 N–H and O–H groups in total. The minimum atomic E-state index is -0.518. The lowest BCUT2D eigenvalue weighted by Crippen LogP contribution is -2.57. The van der Waals surface area contributed by atoms with Crippen molar-refractivity contribution in [2.24, 2.45) is 0 Å². The van der Waals surface area contributed by atoms with Crippen LogP contribution in [0.1, 0.15) is 12.0 Å². The van der Waals surface area contributed by atoms with Crippen LogP contribution in [0.3, 0.4) is 0 Å². The molecule has 37 heavy (non-hydrogen) atoms. The van der Waals surface area contributed by atoms with Gasteiger partial charge in [-0.15, -0.1) is 0 Å². The van der Waals surface area contributed by atoms with Gasteiger partial charge in [-0.05, 0) is 54.2 Å². The number of methoxy groups -OCH3 is 2. The van der Waals surface area contributed by atoms with Crippen LogP contribution < -0.4 is 19.7 Å². The highest BCUT2D eigenvalue weighted by Gasteiger charge is 2.62. The summed E-state index contributed by atoms with van der Waals surface area (Å²) in [5.74, 6) is 1.21. The van der Waals surface area contributed by atoms with Crippen LogP contribution in [0.4, 0.5) is 10.5 Å². The largest absolute Gasteiger partial charge is 0.493 e. The Morgan fingerprint density at radius 3 is 2.62 bits per heavy atom. The number of rotatable bonds is 6. The van der Waals surface area contributed by atoms with Crippen molar-refractivity contribution in [3.8, 4) is 11.5 Å². The van der Waals surface area contributed by atoms with Crippen LogP contribution in [-0.4, -0.2) is 72.3 Å². The summed E-state index contributed by atoms with van der Waals surface area (Å²) in [6.07, 6.45) is 1.51. The van der Waals surface area contributed by atoms with Crippen molar-refractivity contribution in [1.82, 2.24) is 15.1 Å². The van der Waals surface area contributed by atoms with E-state index < -0.39 is 6.04 Å². The molecule has 190 valence electrons. The fraction of sp³-hybridized carbons (Fsp3) is 0.321. The summed E-state index contributed by atoms with van der Waals surface area (Å²) in [7, 11) is 3.24. The average molecular weight is 517 g/mol. The highest BCUT2D eigenvalue weighted by Crippen LogP contribution is 2.43. The van der Waals surface area contributed by atoms with E-state index in [-0.39, 0.29) is 24.0 Å². The lowest BCUT2D eigenvalue weighted by Gasteiger charge is -2.36. The quantitative estimate of drug-likeness (QED) is 0.397. The molecule has 0 radical (unpaired) electrons. The van der Waals surface area contributed by atoms with E-state index in [1.807, 2.05) is 60.7 Å². The molecular formula is C28H28N4O4S. The number of imide groups is 1. The first-order valence-corrected chi connectivity index (χ1v) is 12.8. The van der Waals surface area contributed by atoms with Crippen LogP contribution in [0.25, 0.3) is 10.8 Å². The molecule has 3 atom stereocenters. The van der Waals surface area contributed by atoms with Gasteiger partial charge >= 0.3 is 6.03 Å². The van der Waals surface area contributed by atoms with Gasteiger partial charge in [0.25, 0.3) is 5.91 Å². The first kappa shape index (κ1) is 23.5. The number of carbonyl (C=O) groups excluding carboxylic acids is 2. The van der Waals surface area contributed by atoms with E-state index in [0.717, 1.165) is 29.2 Å². The Kier molecular flexibility index (Phi) is 5.87. The Morgan fingerprint density at radius 2 is 1.81 bits per heavy atom. The number of nitrogens with zero attached hydrogens (tertiary/aromatic N) is 3. The number of benzene rings is 3. The molecule has 0 unspecified atom stereocenters. The maximum Gasteiger partial charge on any atom is 0.332 e. The van der Waals surface area contributed by atoms with Gasteiger partial charge in [-0.25, -0.2) is 9.69 Å². The first-order chi connectivity index (χ1) is 18.0. The monoisotopic (exact) mass is 516 g/mol. The summed E-state index contributed by atoms with van der Waals surface area (Å²) in [4.78, 5) is 32.4. The molecule has 3 fully saturated rings. The number of likely N-dealkylation sites (tertiary alicyclic amines) is 1. The molecule has 9 heteroatoms. The summed E-state index contributed by atoms with van der Waals surface area (Å²) in [6, 6.07) is 18.5. The smallest absolute Gasteiger partial charge is 0.332 e. The van der Waals surface area contributed by atoms with Crippen molar-refractivity contribution in [2.75, 3.05) is 32.2 Å². The summed E-state index contributed by atoms with van der Waals surface area (Å²) >= 11 is 5.74. The standard InChI is InChI=1S/C28H28N4O4S/c1-35-23-11-10-17(14-24(23)36-2)12-13-29-27(37)30-16-19-15-22(30)25-26(33)32(28(34)31(19)25)21-9-5-7-18-6-3-4-8-20(18)21/h3-11,14,19,22,25H,12-13,15-16H2,1-2H3,(H,29,37)/t19-,22-,25-/m0/s1. The summed E-state index contributed by atoms with van der Waals surface area (Å²) in [5.41, 5.74) is 1.74. The maximum absolute atomic E-state index is 13.7. The number of anilines is 1. The van der Waals surface area contributed by atoms with Gasteiger partial charge in [-0.1, -0.05) is 42.5 Å². The Bertz CT molecular complexity index is 1410. The second kappa shape index (κ2) is 9.23. The molecule has 3 aromatic rings. The molecular weight excluding hydrogens is 488 g/mol. The second-order valence-electron chi connectivity index (χ2n) is 9.59. The van der Waals surface area contributed by atoms with E-state index in [4.69, 9.17) is 21.7 Å². The van der Waals surface area contributed by atoms with Crippen LogP contribution in [0.15, 0.2) is 60.7 Å². The van der Waals surface area contributed by atoms with E-state index in [9.17, 15) is 9.59 Å². The fourth-order valence-corrected chi connectivity index (χ4v) is 6.28. The third-order valence-electron chi connectivity index (χ3n) is 7.67. The topological polar surface area (TPSA) is 74.4 Å². The molecule has 2 bridgehead atoms. The van der Waals surface area contributed by atoms with Gasteiger partial charge in [-0.2, -0.15) is 0 Å². The first-order valence-electron chi connectivity index (χ1n) is 12.4. The highest BCUT2D eigenvalue weighted by atomic mass is 32.1. The van der Waals surface area contributed by atoms with Gasteiger partial charge in [0.05, 0.1) is 32.0 Å². The molecule has 3 heterocycles. The van der Waals surface area contributed by atoms with Crippen LogP contribution in [-0.2, 0) is 11.2 Å². The average Bonchev–Trinajstić information content (AvgIpc) is 3.59. The molecule has 3 amide bonds. The predicted octanol–water partition coefficient (Wildman–Crippen LogP) is 3.57. The number of hydrogen-bond acceptors (Lipinski definition) is 5. The van der Waals surface area contributed by atoms with Crippen LogP contribution in [0, 0.1) is 0 Å². The third kappa shape index (κ3) is 3.76. The number of ether oxygens (including phenoxy) is 2. The molecule has 3 aromatic carbocycles. The number of nitrogens with one attached hydrogen (secondary N) is 1. The SMILES string of the molecule is COc1ccc(CCNC(=S)N2C[C@@H]3C[C@H]2[C@H]2C(=O)N(c4cccc5ccccc45)C(=O)N32)cc1OC. The summed E-state index contributed by atoms with van der Waals surface area (Å²) < 4.78 is 10.7. The van der Waals surface area contributed by atoms with Crippen LogP contribution >= 0.6 is 12.2 Å². The number of piperazine rings is 1. The fourth-order valence-electron chi connectivity index (χ4n) is 5.97. The normalized spacial score (nSPS) is 22.1. The van der Waals surface area contributed by atoms with Crippen molar-refractivity contribution in [1.29, 1.82) is 0 Å². The van der Waals surface area contributed by atoms with E-state index >= 15 is 0 Å². The van der Waals surface area contributed by atoms with Crippen LogP contribution in [0.2, 0.25) is 0 Å². The molecule has 3 aliphatic heterocycles. The number of hydrogen-bond donors (Lipinski definition) is 1. The highest BCUT2D eigenvalue weighted by molar-refractivity contribution is 7.80. The minimum Gasteiger partial charge on any atom is -0.493 e. The van der Waals surface area contributed by atoms with Gasteiger partial charge in [0.2, 0.25) is 0 Å². The second-order valence-corrected chi connectivity index (χ2v) is 9.97. The van der Waals surface area contributed by atoms with E-state index in [1.165, 1.54) is 4.90 Å². The van der Waals surface area contributed by atoms with Gasteiger partial charge in [-0.3, -0.25) is 4.79 Å². The Hall–Kier alpha value is -3.85. The van der Waals surface area contributed by atoms with Gasteiger partial charge in [0.15, 0.2) is 16.6 Å². The van der Waals surface area contributed by atoms with Gasteiger partial charge in [0.1, 0.15) is 6.04 Å². The summed E-state index contributed by atoms with van der Waals surface area (Å²) in [6.45, 7) is 1.28. The number of carbonyl (C=O) groups is 2. The molecule has 0 aromatic heterocycles. The lowest BCUT2D eigenvalue weighted by atomic mass is 10.1. The van der Waals surface area contributed by atoms with E-state index in [2.05, 4.69) is 10.2 Å². The van der Waals surface area contributed by atoms with E-state index in [0.29, 0.717) is 35.4 Å². The van der Waals surface area contributed by atoms with Crippen molar-refractivity contribution < 1.29 is 19.1 Å². The molecule has 8 nitrogen and oxygen atoms in total. The zero-order valence-electron chi connectivity index (χ0n) is 20.7.